The molecule has 0 saturated heterocycles. The zero-order valence-electron chi connectivity index (χ0n) is 71.2. The van der Waals surface area contributed by atoms with E-state index in [0.717, 1.165) is 49.5 Å². The van der Waals surface area contributed by atoms with Crippen LogP contribution in [0.25, 0.3) is 98.0 Å². The van der Waals surface area contributed by atoms with Crippen molar-refractivity contribution in [3.63, 3.8) is 0 Å². The van der Waals surface area contributed by atoms with Gasteiger partial charge in [-0.1, -0.05) is 464 Å². The van der Waals surface area contributed by atoms with Gasteiger partial charge in [0, 0.05) is 42.5 Å². The largest absolute Gasteiger partial charge is 0.310 e. The molecule has 0 bridgehead atoms. The Hall–Kier alpha value is -15.3. The highest BCUT2D eigenvalue weighted by Crippen LogP contribution is 2.61. The number of nitrogens with zero attached hydrogens (tertiary/aromatic N) is 2. The highest BCUT2D eigenvalue weighted by atomic mass is 79.9. The summed E-state index contributed by atoms with van der Waals surface area (Å²) in [6.45, 7) is 0. The summed E-state index contributed by atoms with van der Waals surface area (Å²) in [6, 6.07) is 184. The molecule has 0 heterocycles. The predicted molar refractivity (Wildman–Crippen MR) is 559 cm³/mol. The van der Waals surface area contributed by atoms with Gasteiger partial charge in [0.1, 0.15) is 0 Å². The van der Waals surface area contributed by atoms with Crippen LogP contribution in [0.15, 0.2) is 506 Å². The summed E-state index contributed by atoms with van der Waals surface area (Å²) < 4.78 is 2.31. The van der Waals surface area contributed by atoms with Crippen molar-refractivity contribution in [2.45, 2.75) is 30.1 Å². The molecule has 0 radical (unpaired) electrons. The van der Waals surface area contributed by atoms with Crippen LogP contribution in [0.3, 0.4) is 0 Å². The molecule has 23 aromatic rings. The third-order valence-corrected chi connectivity index (χ3v) is 29.2. The van der Waals surface area contributed by atoms with Crippen LogP contribution in [0.4, 0.5) is 34.1 Å². The number of fused-ring (bicyclic) bond motifs is 9. The molecule has 0 N–H and O–H groups in total. The fourth-order valence-electron chi connectivity index (χ4n) is 22.5. The van der Waals surface area contributed by atoms with Crippen molar-refractivity contribution in [3.05, 3.63) is 584 Å². The van der Waals surface area contributed by atoms with Gasteiger partial charge >= 0.3 is 0 Å². The van der Waals surface area contributed by atoms with E-state index in [-0.39, 0.29) is 12.8 Å². The molecule has 0 fully saturated rings. The van der Waals surface area contributed by atoms with Crippen LogP contribution in [0, 0.1) is 0 Å². The first-order valence-electron chi connectivity index (χ1n) is 44.9. The quantitative estimate of drug-likeness (QED) is 0.100. The van der Waals surface area contributed by atoms with Crippen molar-refractivity contribution in [2.24, 2.45) is 0 Å². The number of hydrogen-bond donors (Lipinski definition) is 0. The molecule has 2 nitrogen and oxygen atoms in total. The average molecular weight is 1800 g/mol. The Labute approximate surface area is 781 Å². The summed E-state index contributed by atoms with van der Waals surface area (Å²) in [5.41, 5.74) is 31.2. The Morgan fingerprint density at radius 3 is 0.756 bits per heavy atom. The maximum absolute atomic E-state index is 3.65. The second-order valence-electron chi connectivity index (χ2n) is 34.5. The summed E-state index contributed by atoms with van der Waals surface area (Å²) in [4.78, 5) is 4.96. The fourth-order valence-corrected chi connectivity index (χ4v) is 23.5. The van der Waals surface area contributed by atoms with Crippen molar-refractivity contribution in [3.8, 4) is 33.4 Å². The Balaban J connectivity index is 0.000000154. The summed E-state index contributed by atoms with van der Waals surface area (Å²) in [5.74, 6) is 0. The van der Waals surface area contributed by atoms with Gasteiger partial charge in [0.25, 0.3) is 0 Å². The second kappa shape index (κ2) is 33.1. The van der Waals surface area contributed by atoms with Crippen LogP contribution < -0.4 is 9.80 Å². The molecular formula is C127H88Br2N2. The molecular weight excluding hydrogens is 1710 g/mol. The van der Waals surface area contributed by atoms with Crippen molar-refractivity contribution in [1.29, 1.82) is 0 Å². The van der Waals surface area contributed by atoms with Crippen LogP contribution >= 0.6 is 31.9 Å². The van der Waals surface area contributed by atoms with E-state index in [2.05, 4.69) is 539 Å². The normalized spacial score (nSPS) is 13.1. The van der Waals surface area contributed by atoms with Gasteiger partial charge in [-0.3, -0.25) is 0 Å². The molecule has 26 rings (SSSR count). The minimum Gasteiger partial charge on any atom is -0.310 e. The summed E-state index contributed by atoms with van der Waals surface area (Å²) in [6.07, 6.45) is 0.933. The predicted octanol–water partition coefficient (Wildman–Crippen LogP) is 34.6. The first-order valence-corrected chi connectivity index (χ1v) is 46.4. The third kappa shape index (κ3) is 12.9. The highest BCUT2D eigenvalue weighted by Gasteiger charge is 2.49. The molecule has 23 aromatic carbocycles. The van der Waals surface area contributed by atoms with Crippen molar-refractivity contribution in [2.75, 3.05) is 9.80 Å². The Morgan fingerprint density at radius 1 is 0.183 bits per heavy atom. The van der Waals surface area contributed by atoms with Crippen molar-refractivity contribution >= 4 is 131 Å². The van der Waals surface area contributed by atoms with E-state index < -0.39 is 10.8 Å². The minimum atomic E-state index is -0.537. The van der Waals surface area contributed by atoms with Gasteiger partial charge in [0.05, 0.1) is 27.6 Å². The molecule has 0 unspecified atom stereocenters. The standard InChI is InChI=1S/C78H52N2.C32H24.C16H8Br2.CH4/c1-5-23-55(24-6-1)77(69-39-17-13-35-63(69)64-36-14-18-40-70(64)77)57-27-21-33-61(51-57)79(59-29-9-3-10-30-59)73-49-45-53-44-48-68-74(50-46-54-43-47-67(73)75(53)76(54)68)80(60-31-11-4-12-32-60)62-34-22-28-58(52-62)78(56-25-7-2-8-26-56)71-41-19-15-37-65(71)66-38-16-20-42-72(66)78;1-3-12-24(13-4-1)22-25-14-11-17-27(23-25)32(26-15-5-2-6-16-26)30-20-9-7-18-28(30)29-19-8-10-21-31(29)32;17-13-8-4-10-2-6-12-14(18)7-3-9-1-5-11(13)16(10)15(9)12;/h1-52H;1-21,23H,22H2;1-8H;1H4. The Morgan fingerprint density at radius 2 is 0.420 bits per heavy atom. The van der Waals surface area contributed by atoms with Crippen molar-refractivity contribution in [1.82, 2.24) is 0 Å². The zero-order valence-corrected chi connectivity index (χ0v) is 74.4. The van der Waals surface area contributed by atoms with Crippen LogP contribution in [0.1, 0.15) is 85.3 Å². The number of hydrogen-bond acceptors (Lipinski definition) is 2. The minimum absolute atomic E-state index is 0. The van der Waals surface area contributed by atoms with Crippen LogP contribution in [0.5, 0.6) is 0 Å². The van der Waals surface area contributed by atoms with Gasteiger partial charge in [-0.25, -0.2) is 0 Å². The van der Waals surface area contributed by atoms with E-state index >= 15 is 0 Å². The molecule has 0 aliphatic heterocycles. The first-order chi connectivity index (χ1) is 64.3. The lowest BCUT2D eigenvalue weighted by Gasteiger charge is -2.35. The molecule has 4 heteroatoms. The number of halogens is 2. The number of rotatable bonds is 14. The lowest BCUT2D eigenvalue weighted by molar-refractivity contribution is 0.766. The summed E-state index contributed by atoms with van der Waals surface area (Å²) in [7, 11) is 0. The van der Waals surface area contributed by atoms with E-state index in [0.29, 0.717) is 0 Å². The van der Waals surface area contributed by atoms with Crippen LogP contribution in [-0.4, -0.2) is 0 Å². The second-order valence-corrected chi connectivity index (χ2v) is 36.2. The summed E-state index contributed by atoms with van der Waals surface area (Å²) in [5, 5.41) is 15.2. The number of anilines is 6. The maximum Gasteiger partial charge on any atom is 0.0714 e. The SMILES string of the molecule is Brc1ccc2ccc3c(Br)ccc4ccc1c2c43.C.c1ccc(Cc2cccc(C3(c4ccccc4)c4ccccc4-c4ccccc43)c2)cc1.c1ccc(N(c2cccc(C3(c4ccccc4)c4ccccc4-c4ccccc43)c2)c2ccc3ccc4c(N(c5ccccc5)c5cccc(C6(c7ccccc7)c7ccccc7-c7ccccc76)c5)ccc5ccc2c3c54)cc1. The zero-order chi connectivity index (χ0) is 86.4. The van der Waals surface area contributed by atoms with Gasteiger partial charge in [0.15, 0.2) is 0 Å². The Kier molecular flexibility index (Phi) is 20.3. The van der Waals surface area contributed by atoms with Gasteiger partial charge in [0.2, 0.25) is 0 Å². The van der Waals surface area contributed by atoms with E-state index in [1.807, 2.05) is 0 Å². The highest BCUT2D eigenvalue weighted by molar-refractivity contribution is 9.11. The molecule has 0 atom stereocenters. The van der Waals surface area contributed by atoms with Crippen molar-refractivity contribution < 1.29 is 0 Å². The molecule has 131 heavy (non-hydrogen) atoms. The van der Waals surface area contributed by atoms with Gasteiger partial charge in [-0.05, 0) is 244 Å². The molecule has 3 aliphatic rings. The lowest BCUT2D eigenvalue weighted by Crippen LogP contribution is -2.28. The van der Waals surface area contributed by atoms with Gasteiger partial charge < -0.3 is 9.80 Å². The van der Waals surface area contributed by atoms with E-state index in [4.69, 9.17) is 0 Å². The smallest absolute Gasteiger partial charge is 0.0714 e. The van der Waals surface area contributed by atoms with Gasteiger partial charge in [-0.15, -0.1) is 0 Å². The average Bonchev–Trinajstić information content (AvgIpc) is 1.48. The Bertz CT molecular complexity index is 7730. The molecule has 0 spiro atoms. The number of benzene rings is 23. The van der Waals surface area contributed by atoms with Crippen LogP contribution in [0.2, 0.25) is 0 Å². The first kappa shape index (κ1) is 80.3. The monoisotopic (exact) mass is 1800 g/mol. The molecule has 0 amide bonds. The maximum atomic E-state index is 3.65. The number of para-hydroxylation sites is 2. The fraction of sp³-hybridized carbons (Fsp3) is 0.0394. The van der Waals surface area contributed by atoms with Crippen LogP contribution in [-0.2, 0) is 22.7 Å². The molecule has 0 saturated carbocycles. The topological polar surface area (TPSA) is 6.48 Å². The van der Waals surface area contributed by atoms with Gasteiger partial charge in [-0.2, -0.15) is 0 Å². The molecule has 620 valence electrons. The van der Waals surface area contributed by atoms with E-state index in [1.165, 1.54) is 176 Å². The molecule has 3 aliphatic carbocycles. The lowest BCUT2D eigenvalue weighted by atomic mass is 9.67. The molecule has 0 aromatic heterocycles. The summed E-state index contributed by atoms with van der Waals surface area (Å²) >= 11 is 7.30. The van der Waals surface area contributed by atoms with E-state index in [9.17, 15) is 0 Å². The third-order valence-electron chi connectivity index (χ3n) is 27.9. The van der Waals surface area contributed by atoms with E-state index in [1.54, 1.807) is 0 Å².